The lowest BCUT2D eigenvalue weighted by molar-refractivity contribution is -0.166. The van der Waals surface area contributed by atoms with E-state index in [1.165, 1.54) is 0 Å². The van der Waals surface area contributed by atoms with Gasteiger partial charge in [0.25, 0.3) is 0 Å². The molecule has 2 aliphatic heterocycles. The molecular weight excluding hydrogens is 485 g/mol. The van der Waals surface area contributed by atoms with Gasteiger partial charge in [-0.2, -0.15) is 0 Å². The zero-order valence-corrected chi connectivity index (χ0v) is 21.8. The van der Waals surface area contributed by atoms with Gasteiger partial charge in [0, 0.05) is 22.6 Å². The highest BCUT2D eigenvalue weighted by Crippen LogP contribution is 2.52. The summed E-state index contributed by atoms with van der Waals surface area (Å²) < 4.78 is 6.19. The van der Waals surface area contributed by atoms with Crippen LogP contribution in [0.1, 0.15) is 75.5 Å². The van der Waals surface area contributed by atoms with Crippen molar-refractivity contribution >= 4 is 35.1 Å². The van der Waals surface area contributed by atoms with Crippen LogP contribution in [0.5, 0.6) is 0 Å². The molecule has 1 N–H and O–H groups in total. The van der Waals surface area contributed by atoms with Crippen molar-refractivity contribution in [3.63, 3.8) is 0 Å². The lowest BCUT2D eigenvalue weighted by Crippen LogP contribution is -2.59. The van der Waals surface area contributed by atoms with E-state index in [4.69, 9.17) is 27.9 Å². The van der Waals surface area contributed by atoms with Crippen LogP contribution in [-0.4, -0.2) is 40.6 Å². The van der Waals surface area contributed by atoms with Crippen molar-refractivity contribution in [2.75, 3.05) is 6.61 Å². The maximum Gasteiger partial charge on any atom is 0.304 e. The second kappa shape index (κ2) is 10.9. The van der Waals surface area contributed by atoms with Crippen molar-refractivity contribution in [2.24, 2.45) is 5.41 Å². The van der Waals surface area contributed by atoms with Gasteiger partial charge in [-0.1, -0.05) is 61.3 Å². The first-order chi connectivity index (χ1) is 16.7. The van der Waals surface area contributed by atoms with Gasteiger partial charge in [-0.15, -0.1) is 0 Å². The minimum absolute atomic E-state index is 0.0836. The van der Waals surface area contributed by atoms with Crippen molar-refractivity contribution in [3.05, 3.63) is 69.7 Å². The number of nitrogens with zero attached hydrogens (tertiary/aromatic N) is 1. The van der Waals surface area contributed by atoms with E-state index in [9.17, 15) is 14.7 Å². The first-order valence-corrected chi connectivity index (χ1v) is 13.2. The Hall–Kier alpha value is -2.08. The molecule has 2 fully saturated rings. The minimum atomic E-state index is -1.05. The topological polar surface area (TPSA) is 66.8 Å². The third kappa shape index (κ3) is 5.52. The quantitative estimate of drug-likeness (QED) is 0.434. The number of likely N-dealkylation sites (tertiary alicyclic amines) is 1. The van der Waals surface area contributed by atoms with Crippen LogP contribution < -0.4 is 0 Å². The van der Waals surface area contributed by atoms with Crippen molar-refractivity contribution in [1.82, 2.24) is 4.90 Å². The summed E-state index contributed by atoms with van der Waals surface area (Å²) in [5.41, 5.74) is 0.912. The third-order valence-electron chi connectivity index (χ3n) is 7.55. The van der Waals surface area contributed by atoms with Gasteiger partial charge in [0.05, 0.1) is 30.0 Å². The molecule has 7 heteroatoms. The Labute approximate surface area is 217 Å². The number of carbonyl (C=O) groups excluding carboxylic acids is 1. The van der Waals surface area contributed by atoms with E-state index < -0.39 is 11.4 Å². The van der Waals surface area contributed by atoms with Gasteiger partial charge >= 0.3 is 5.97 Å². The molecule has 5 atom stereocenters. The van der Waals surface area contributed by atoms with E-state index in [0.717, 1.165) is 30.4 Å². The standard InChI is InChI=1S/C28H33Cl2NO4/c1-3-23(24-9-4-5-14-35-24)31-26(18-10-12-20(29)13-11-18)22(19-7-6-8-21(30)15-19)16-28(2,27(31)34)17-25(32)33/h6-8,10-13,15,22-24,26H,3-5,9,14,16-17H2,1-2H3,(H,32,33)/t22?,23?,24?,26?,28-/m1/s1. The molecule has 2 aliphatic rings. The lowest BCUT2D eigenvalue weighted by Gasteiger charge is -2.53. The first kappa shape index (κ1) is 26.0. The number of benzene rings is 2. The number of halogens is 2. The van der Waals surface area contributed by atoms with E-state index in [2.05, 4.69) is 6.92 Å². The van der Waals surface area contributed by atoms with Gasteiger partial charge < -0.3 is 14.7 Å². The Bertz CT molecular complexity index is 1050. The average Bonchev–Trinajstić information content (AvgIpc) is 2.83. The molecule has 2 saturated heterocycles. The molecule has 1 amide bonds. The SMILES string of the molecule is CCC(C1CCCCO1)N1C(=O)[C@@](C)(CC(=O)O)CC(c2cccc(Cl)c2)C1c1ccc(Cl)cc1. The van der Waals surface area contributed by atoms with Crippen molar-refractivity contribution < 1.29 is 19.4 Å². The smallest absolute Gasteiger partial charge is 0.304 e. The number of carboxylic acids is 1. The summed E-state index contributed by atoms with van der Waals surface area (Å²) in [7, 11) is 0. The monoisotopic (exact) mass is 517 g/mol. The summed E-state index contributed by atoms with van der Waals surface area (Å²) >= 11 is 12.6. The van der Waals surface area contributed by atoms with Crippen LogP contribution >= 0.6 is 23.2 Å². The van der Waals surface area contributed by atoms with Gasteiger partial charge in [0.15, 0.2) is 0 Å². The summed E-state index contributed by atoms with van der Waals surface area (Å²) in [6, 6.07) is 14.9. The van der Waals surface area contributed by atoms with Crippen LogP contribution in [0.2, 0.25) is 10.0 Å². The molecule has 0 aromatic heterocycles. The molecule has 4 unspecified atom stereocenters. The second-order valence-corrected chi connectivity index (χ2v) is 11.0. The molecule has 0 saturated carbocycles. The highest BCUT2D eigenvalue weighted by atomic mass is 35.5. The first-order valence-electron chi connectivity index (χ1n) is 12.4. The fourth-order valence-electron chi connectivity index (χ4n) is 5.95. The molecule has 0 bridgehead atoms. The van der Waals surface area contributed by atoms with Gasteiger partial charge in [-0.05, 0) is 67.5 Å². The van der Waals surface area contributed by atoms with Gasteiger partial charge in [0.1, 0.15) is 0 Å². The van der Waals surface area contributed by atoms with Gasteiger partial charge in [0.2, 0.25) is 5.91 Å². The van der Waals surface area contributed by atoms with Crippen LogP contribution in [0.3, 0.4) is 0 Å². The fourth-order valence-corrected chi connectivity index (χ4v) is 6.28. The van der Waals surface area contributed by atoms with E-state index in [1.807, 2.05) is 53.4 Å². The molecule has 188 valence electrons. The molecule has 0 radical (unpaired) electrons. The van der Waals surface area contributed by atoms with E-state index in [1.54, 1.807) is 6.92 Å². The molecule has 2 aromatic carbocycles. The molecule has 0 aliphatic carbocycles. The van der Waals surface area contributed by atoms with Crippen molar-refractivity contribution in [3.8, 4) is 0 Å². The Morgan fingerprint density at radius 1 is 1.14 bits per heavy atom. The second-order valence-electron chi connectivity index (χ2n) is 10.1. The van der Waals surface area contributed by atoms with Gasteiger partial charge in [-0.3, -0.25) is 9.59 Å². The van der Waals surface area contributed by atoms with Crippen LogP contribution in [0.4, 0.5) is 0 Å². The van der Waals surface area contributed by atoms with Crippen molar-refractivity contribution in [2.45, 2.75) is 76.5 Å². The number of aliphatic carboxylic acids is 1. The molecule has 5 nitrogen and oxygen atoms in total. The summed E-state index contributed by atoms with van der Waals surface area (Å²) in [4.78, 5) is 28.2. The van der Waals surface area contributed by atoms with Crippen LogP contribution in [-0.2, 0) is 14.3 Å². The molecule has 2 aromatic rings. The summed E-state index contributed by atoms with van der Waals surface area (Å²) in [6.45, 7) is 4.55. The zero-order chi connectivity index (χ0) is 25.2. The number of rotatable bonds is 7. The molecular formula is C28H33Cl2NO4. The largest absolute Gasteiger partial charge is 0.481 e. The Kier molecular flexibility index (Phi) is 8.09. The zero-order valence-electron chi connectivity index (χ0n) is 20.3. The Balaban J connectivity index is 1.89. The van der Waals surface area contributed by atoms with Crippen molar-refractivity contribution in [1.29, 1.82) is 0 Å². The molecule has 0 spiro atoms. The fraction of sp³-hybridized carbons (Fsp3) is 0.500. The van der Waals surface area contributed by atoms with Crippen LogP contribution in [0.25, 0.3) is 0 Å². The highest BCUT2D eigenvalue weighted by molar-refractivity contribution is 6.30. The van der Waals surface area contributed by atoms with E-state index in [0.29, 0.717) is 29.5 Å². The predicted molar refractivity (Wildman–Crippen MR) is 138 cm³/mol. The summed E-state index contributed by atoms with van der Waals surface area (Å²) in [5.74, 6) is -1.24. The minimum Gasteiger partial charge on any atom is -0.481 e. The predicted octanol–water partition coefficient (Wildman–Crippen LogP) is 6.88. The van der Waals surface area contributed by atoms with Crippen LogP contribution in [0.15, 0.2) is 48.5 Å². The van der Waals surface area contributed by atoms with E-state index in [-0.39, 0.29) is 36.4 Å². The number of amides is 1. The molecule has 4 rings (SSSR count). The average molecular weight is 518 g/mol. The Morgan fingerprint density at radius 2 is 1.89 bits per heavy atom. The molecule has 35 heavy (non-hydrogen) atoms. The number of hydrogen-bond donors (Lipinski definition) is 1. The Morgan fingerprint density at radius 3 is 2.49 bits per heavy atom. The van der Waals surface area contributed by atoms with Crippen LogP contribution in [0, 0.1) is 5.41 Å². The number of piperidine rings is 1. The maximum absolute atomic E-state index is 14.3. The van der Waals surface area contributed by atoms with E-state index >= 15 is 0 Å². The third-order valence-corrected chi connectivity index (χ3v) is 8.04. The molecule has 2 heterocycles. The highest BCUT2D eigenvalue weighted by Gasteiger charge is 2.53. The number of carbonyl (C=O) groups is 2. The maximum atomic E-state index is 14.3. The lowest BCUT2D eigenvalue weighted by atomic mass is 9.66. The number of carboxylic acid groups (broad SMARTS) is 1. The number of ether oxygens (including phenoxy) is 1. The summed E-state index contributed by atoms with van der Waals surface area (Å²) in [5, 5.41) is 11.0. The normalized spacial score (nSPS) is 28.1. The summed E-state index contributed by atoms with van der Waals surface area (Å²) in [6.07, 6.45) is 3.76. The number of hydrogen-bond acceptors (Lipinski definition) is 3. The van der Waals surface area contributed by atoms with Gasteiger partial charge in [-0.25, -0.2) is 0 Å².